The summed E-state index contributed by atoms with van der Waals surface area (Å²) in [6.07, 6.45) is 5.79. The van der Waals surface area contributed by atoms with Gasteiger partial charge in [-0.3, -0.25) is 4.98 Å². The van der Waals surface area contributed by atoms with Gasteiger partial charge in [0.1, 0.15) is 9.84 Å². The van der Waals surface area contributed by atoms with E-state index in [-0.39, 0.29) is 5.75 Å². The van der Waals surface area contributed by atoms with Crippen LogP contribution in [-0.2, 0) is 16.3 Å². The summed E-state index contributed by atoms with van der Waals surface area (Å²) in [5.41, 5.74) is 7.27. The number of nitrogens with two attached hydrogens (primary N) is 1. The van der Waals surface area contributed by atoms with Crippen LogP contribution in [0.2, 0.25) is 0 Å². The van der Waals surface area contributed by atoms with Crippen molar-refractivity contribution in [3.8, 4) is 0 Å². The molecule has 2 N–H and O–H groups in total. The zero-order valence-corrected chi connectivity index (χ0v) is 8.92. The molecule has 1 rings (SSSR count). The van der Waals surface area contributed by atoms with Crippen molar-refractivity contribution in [3.05, 3.63) is 24.0 Å². The Morgan fingerprint density at radius 2 is 2.21 bits per heavy atom. The molecule has 0 bridgehead atoms. The molecule has 14 heavy (non-hydrogen) atoms. The van der Waals surface area contributed by atoms with E-state index in [0.717, 1.165) is 5.56 Å². The highest BCUT2D eigenvalue weighted by Crippen LogP contribution is 2.11. The molecular weight excluding hydrogens is 200 g/mol. The third kappa shape index (κ3) is 3.74. The van der Waals surface area contributed by atoms with Crippen LogP contribution in [0.1, 0.15) is 12.0 Å². The Morgan fingerprint density at radius 3 is 2.79 bits per heavy atom. The summed E-state index contributed by atoms with van der Waals surface area (Å²) in [5.74, 6) is 0.196. The molecule has 0 fully saturated rings. The normalized spacial score (nSPS) is 11.5. The van der Waals surface area contributed by atoms with E-state index in [1.807, 2.05) is 0 Å². The number of aryl methyl sites for hydroxylation is 1. The van der Waals surface area contributed by atoms with Gasteiger partial charge in [-0.1, -0.05) is 0 Å². The number of aromatic nitrogens is 1. The summed E-state index contributed by atoms with van der Waals surface area (Å²) in [4.78, 5) is 3.93. The first-order valence-corrected chi connectivity index (χ1v) is 6.41. The van der Waals surface area contributed by atoms with Crippen molar-refractivity contribution >= 4 is 15.5 Å². The molecule has 0 saturated carbocycles. The topological polar surface area (TPSA) is 73.0 Å². The fourth-order valence-electron chi connectivity index (χ4n) is 1.17. The molecule has 1 heterocycles. The van der Waals surface area contributed by atoms with E-state index >= 15 is 0 Å². The van der Waals surface area contributed by atoms with Gasteiger partial charge in [-0.15, -0.1) is 0 Å². The van der Waals surface area contributed by atoms with Gasteiger partial charge >= 0.3 is 0 Å². The fraction of sp³-hybridized carbons (Fsp3) is 0.444. The highest BCUT2D eigenvalue weighted by Gasteiger charge is 2.03. The Bertz CT molecular complexity index is 401. The van der Waals surface area contributed by atoms with Gasteiger partial charge in [0, 0.05) is 24.3 Å². The van der Waals surface area contributed by atoms with E-state index in [9.17, 15) is 8.42 Å². The third-order valence-electron chi connectivity index (χ3n) is 1.90. The lowest BCUT2D eigenvalue weighted by Gasteiger charge is -2.03. The van der Waals surface area contributed by atoms with Crippen molar-refractivity contribution in [1.29, 1.82) is 0 Å². The van der Waals surface area contributed by atoms with Crippen molar-refractivity contribution in [3.63, 3.8) is 0 Å². The second-order valence-electron chi connectivity index (χ2n) is 3.31. The van der Waals surface area contributed by atoms with Crippen LogP contribution in [0.5, 0.6) is 0 Å². The predicted octanol–water partition coefficient (Wildman–Crippen LogP) is 0.641. The fourth-order valence-corrected chi connectivity index (χ4v) is 1.84. The average molecular weight is 214 g/mol. The molecule has 1 aromatic heterocycles. The number of sulfone groups is 1. The average Bonchev–Trinajstić information content (AvgIpc) is 2.06. The molecule has 0 aromatic carbocycles. The molecule has 0 aliphatic carbocycles. The maximum atomic E-state index is 10.9. The second kappa shape index (κ2) is 4.41. The minimum atomic E-state index is -2.87. The molecule has 0 amide bonds. The molecule has 1 aromatic rings. The van der Waals surface area contributed by atoms with Gasteiger partial charge in [-0.2, -0.15) is 0 Å². The predicted molar refractivity (Wildman–Crippen MR) is 56.7 cm³/mol. The first-order valence-electron chi connectivity index (χ1n) is 4.35. The lowest BCUT2D eigenvalue weighted by Crippen LogP contribution is -2.05. The molecule has 0 unspecified atom stereocenters. The maximum absolute atomic E-state index is 10.9. The Kier molecular flexibility index (Phi) is 3.46. The van der Waals surface area contributed by atoms with Crippen LogP contribution in [-0.4, -0.2) is 25.4 Å². The molecule has 78 valence electrons. The van der Waals surface area contributed by atoms with Gasteiger partial charge in [0.2, 0.25) is 0 Å². The number of anilines is 1. The van der Waals surface area contributed by atoms with Gasteiger partial charge in [-0.05, 0) is 24.5 Å². The van der Waals surface area contributed by atoms with Gasteiger partial charge in [0.25, 0.3) is 0 Å². The first-order chi connectivity index (χ1) is 6.49. The number of rotatable bonds is 4. The van der Waals surface area contributed by atoms with E-state index in [2.05, 4.69) is 4.98 Å². The molecule has 0 radical (unpaired) electrons. The van der Waals surface area contributed by atoms with E-state index in [0.29, 0.717) is 18.5 Å². The van der Waals surface area contributed by atoms with Crippen LogP contribution >= 0.6 is 0 Å². The maximum Gasteiger partial charge on any atom is 0.147 e. The van der Waals surface area contributed by atoms with Crippen molar-refractivity contribution in [1.82, 2.24) is 4.98 Å². The summed E-state index contributed by atoms with van der Waals surface area (Å²) in [5, 5.41) is 0. The number of hydrogen-bond acceptors (Lipinski definition) is 4. The SMILES string of the molecule is CS(=O)(=O)CCCc1cnccc1N. The Morgan fingerprint density at radius 1 is 1.50 bits per heavy atom. The van der Waals surface area contributed by atoms with Crippen molar-refractivity contribution in [2.75, 3.05) is 17.7 Å². The molecule has 0 aliphatic rings. The lowest BCUT2D eigenvalue weighted by atomic mass is 10.1. The van der Waals surface area contributed by atoms with Gasteiger partial charge in [0.05, 0.1) is 5.75 Å². The van der Waals surface area contributed by atoms with Crippen LogP contribution in [0.15, 0.2) is 18.5 Å². The van der Waals surface area contributed by atoms with Crippen molar-refractivity contribution in [2.45, 2.75) is 12.8 Å². The molecule has 0 atom stereocenters. The van der Waals surface area contributed by atoms with Crippen molar-refractivity contribution in [2.24, 2.45) is 0 Å². The molecular formula is C9H14N2O2S. The lowest BCUT2D eigenvalue weighted by molar-refractivity contribution is 0.599. The standard InChI is InChI=1S/C9H14N2O2S/c1-14(12,13)6-2-3-8-7-11-5-4-9(8)10/h4-5,7H,2-3,6H2,1H3,(H2,10,11). The van der Waals surface area contributed by atoms with Gasteiger partial charge in [0.15, 0.2) is 0 Å². The largest absolute Gasteiger partial charge is 0.398 e. The second-order valence-corrected chi connectivity index (χ2v) is 5.57. The third-order valence-corrected chi connectivity index (χ3v) is 2.93. The van der Waals surface area contributed by atoms with Gasteiger partial charge in [-0.25, -0.2) is 8.42 Å². The summed E-state index contributed by atoms with van der Waals surface area (Å²) >= 11 is 0. The molecule has 0 aliphatic heterocycles. The number of nitrogens with zero attached hydrogens (tertiary/aromatic N) is 1. The Hall–Kier alpha value is -1.10. The minimum Gasteiger partial charge on any atom is -0.398 e. The van der Waals surface area contributed by atoms with E-state index in [1.165, 1.54) is 6.26 Å². The van der Waals surface area contributed by atoms with Gasteiger partial charge < -0.3 is 5.73 Å². The molecule has 5 heteroatoms. The monoisotopic (exact) mass is 214 g/mol. The van der Waals surface area contributed by atoms with Crippen LogP contribution in [0.3, 0.4) is 0 Å². The first kappa shape index (κ1) is 11.0. The van der Waals surface area contributed by atoms with Crippen LogP contribution in [0, 0.1) is 0 Å². The molecule has 0 spiro atoms. The van der Waals surface area contributed by atoms with Crippen LogP contribution in [0.25, 0.3) is 0 Å². The smallest absolute Gasteiger partial charge is 0.147 e. The molecule has 4 nitrogen and oxygen atoms in total. The highest BCUT2D eigenvalue weighted by atomic mass is 32.2. The number of pyridine rings is 1. The molecule has 0 saturated heterocycles. The van der Waals surface area contributed by atoms with Crippen molar-refractivity contribution < 1.29 is 8.42 Å². The summed E-state index contributed by atoms with van der Waals surface area (Å²) in [6.45, 7) is 0. The summed E-state index contributed by atoms with van der Waals surface area (Å²) in [6, 6.07) is 1.72. The number of nitrogen functional groups attached to an aromatic ring is 1. The number of hydrogen-bond donors (Lipinski definition) is 1. The zero-order chi connectivity index (χ0) is 10.6. The van der Waals surface area contributed by atoms with Crippen LogP contribution in [0.4, 0.5) is 5.69 Å². The van der Waals surface area contributed by atoms with E-state index in [1.54, 1.807) is 18.5 Å². The Balaban J connectivity index is 2.51. The summed E-state index contributed by atoms with van der Waals surface area (Å²) in [7, 11) is -2.87. The van der Waals surface area contributed by atoms with Crippen LogP contribution < -0.4 is 5.73 Å². The van der Waals surface area contributed by atoms with E-state index < -0.39 is 9.84 Å². The quantitative estimate of drug-likeness (QED) is 0.798. The Labute approximate surface area is 84.1 Å². The minimum absolute atomic E-state index is 0.196. The zero-order valence-electron chi connectivity index (χ0n) is 8.10. The van der Waals surface area contributed by atoms with E-state index in [4.69, 9.17) is 5.73 Å². The summed E-state index contributed by atoms with van der Waals surface area (Å²) < 4.78 is 21.7. The highest BCUT2D eigenvalue weighted by molar-refractivity contribution is 7.90.